The molecule has 0 atom stereocenters. The number of allylic oxidation sites excluding steroid dienone is 1. The van der Waals surface area contributed by atoms with Gasteiger partial charge in [-0.1, -0.05) is 55.5 Å². The largest absolute Gasteiger partial charge is 0.478 e. The van der Waals surface area contributed by atoms with Crippen LogP contribution < -0.4 is 0 Å². The van der Waals surface area contributed by atoms with Crippen molar-refractivity contribution in [3.63, 3.8) is 0 Å². The van der Waals surface area contributed by atoms with Gasteiger partial charge in [0.1, 0.15) is 5.82 Å². The molecule has 3 aromatic carbocycles. The summed E-state index contributed by atoms with van der Waals surface area (Å²) in [6, 6.07) is 24.5. The predicted octanol–water partition coefficient (Wildman–Crippen LogP) is 6.84. The molecule has 3 nitrogen and oxygen atoms in total. The van der Waals surface area contributed by atoms with E-state index in [4.69, 9.17) is 5.11 Å². The zero-order chi connectivity index (χ0) is 22.5. The van der Waals surface area contributed by atoms with Gasteiger partial charge in [0, 0.05) is 17.7 Å². The van der Waals surface area contributed by atoms with E-state index in [1.807, 2.05) is 42.5 Å². The molecular formula is C28H22FNO2. The molecule has 0 aliphatic rings. The normalized spacial score (nSPS) is 12.2. The highest BCUT2D eigenvalue weighted by Gasteiger charge is 2.14. The first kappa shape index (κ1) is 21.2. The molecule has 0 bridgehead atoms. The van der Waals surface area contributed by atoms with E-state index in [-0.39, 0.29) is 5.82 Å². The third-order valence-electron chi connectivity index (χ3n) is 5.36. The summed E-state index contributed by atoms with van der Waals surface area (Å²) in [5, 5.41) is 9.92. The van der Waals surface area contributed by atoms with Gasteiger partial charge in [0.25, 0.3) is 0 Å². The van der Waals surface area contributed by atoms with E-state index in [1.54, 1.807) is 24.4 Å². The van der Waals surface area contributed by atoms with Crippen LogP contribution >= 0.6 is 0 Å². The zero-order valence-corrected chi connectivity index (χ0v) is 17.6. The molecule has 0 spiro atoms. The van der Waals surface area contributed by atoms with E-state index in [0.29, 0.717) is 0 Å². The predicted molar refractivity (Wildman–Crippen MR) is 127 cm³/mol. The molecule has 0 aliphatic carbocycles. The van der Waals surface area contributed by atoms with Crippen LogP contribution in [0.2, 0.25) is 0 Å². The first-order valence-corrected chi connectivity index (χ1v) is 10.4. The van der Waals surface area contributed by atoms with Gasteiger partial charge in [-0.2, -0.15) is 0 Å². The number of hydrogen-bond donors (Lipinski definition) is 1. The minimum Gasteiger partial charge on any atom is -0.478 e. The summed E-state index contributed by atoms with van der Waals surface area (Å²) in [5.74, 6) is -1.25. The standard InChI is InChI=1S/C28H22FNO2/c1-2-25(20-10-13-24(29)14-11-20)28(21-8-5-19(6-9-21)7-16-27(31)32)23-12-15-26-22(18-23)4-3-17-30-26/h3-18H,2H2,1H3,(H,31,32). The highest BCUT2D eigenvalue weighted by atomic mass is 19.1. The first-order valence-electron chi connectivity index (χ1n) is 10.4. The molecule has 0 radical (unpaired) electrons. The van der Waals surface area contributed by atoms with Gasteiger partial charge < -0.3 is 5.11 Å². The Hall–Kier alpha value is -4.05. The topological polar surface area (TPSA) is 50.2 Å². The Kier molecular flexibility index (Phi) is 6.22. The number of hydrogen-bond acceptors (Lipinski definition) is 2. The van der Waals surface area contributed by atoms with Crippen molar-refractivity contribution in [1.82, 2.24) is 4.98 Å². The second-order valence-corrected chi connectivity index (χ2v) is 7.42. The number of benzene rings is 3. The molecule has 0 unspecified atom stereocenters. The van der Waals surface area contributed by atoms with E-state index in [2.05, 4.69) is 24.0 Å². The van der Waals surface area contributed by atoms with Gasteiger partial charge in [-0.25, -0.2) is 9.18 Å². The van der Waals surface area contributed by atoms with E-state index in [0.717, 1.165) is 56.8 Å². The summed E-state index contributed by atoms with van der Waals surface area (Å²) < 4.78 is 13.6. The lowest BCUT2D eigenvalue weighted by molar-refractivity contribution is -0.131. The molecule has 1 aromatic heterocycles. The van der Waals surface area contributed by atoms with Crippen molar-refractivity contribution in [2.45, 2.75) is 13.3 Å². The van der Waals surface area contributed by atoms with Crippen LogP contribution in [-0.4, -0.2) is 16.1 Å². The number of nitrogens with zero attached hydrogens (tertiary/aromatic N) is 1. The van der Waals surface area contributed by atoms with Gasteiger partial charge in [-0.05, 0) is 76.2 Å². The number of aromatic nitrogens is 1. The lowest BCUT2D eigenvalue weighted by Crippen LogP contribution is -1.96. The highest BCUT2D eigenvalue weighted by Crippen LogP contribution is 2.35. The summed E-state index contributed by atoms with van der Waals surface area (Å²) in [6.45, 7) is 2.09. The molecule has 158 valence electrons. The van der Waals surface area contributed by atoms with Crippen LogP contribution in [0.15, 0.2) is 91.1 Å². The third kappa shape index (κ3) is 4.65. The van der Waals surface area contributed by atoms with Crippen LogP contribution in [0.5, 0.6) is 0 Å². The molecule has 1 heterocycles. The summed E-state index contributed by atoms with van der Waals surface area (Å²) in [6.07, 6.45) is 5.22. The molecule has 0 amide bonds. The van der Waals surface area contributed by atoms with Gasteiger partial charge >= 0.3 is 5.97 Å². The van der Waals surface area contributed by atoms with E-state index in [9.17, 15) is 9.18 Å². The van der Waals surface area contributed by atoms with Crippen LogP contribution in [0.3, 0.4) is 0 Å². The van der Waals surface area contributed by atoms with Gasteiger partial charge in [0.05, 0.1) is 5.52 Å². The average Bonchev–Trinajstić information content (AvgIpc) is 2.82. The molecule has 32 heavy (non-hydrogen) atoms. The summed E-state index contributed by atoms with van der Waals surface area (Å²) in [4.78, 5) is 15.2. The van der Waals surface area contributed by atoms with Crippen molar-refractivity contribution in [2.75, 3.05) is 0 Å². The van der Waals surface area contributed by atoms with Crippen molar-refractivity contribution in [3.8, 4) is 0 Å². The number of carbonyl (C=O) groups is 1. The van der Waals surface area contributed by atoms with Crippen molar-refractivity contribution >= 4 is 34.1 Å². The maximum atomic E-state index is 13.6. The second-order valence-electron chi connectivity index (χ2n) is 7.42. The molecule has 0 saturated heterocycles. The van der Waals surface area contributed by atoms with Gasteiger partial charge in [-0.3, -0.25) is 4.98 Å². The van der Waals surface area contributed by atoms with Crippen molar-refractivity contribution in [1.29, 1.82) is 0 Å². The molecule has 4 rings (SSSR count). The van der Waals surface area contributed by atoms with Gasteiger partial charge in [-0.15, -0.1) is 0 Å². The Labute approximate surface area is 186 Å². The number of aliphatic carboxylic acids is 1. The Balaban J connectivity index is 1.91. The van der Waals surface area contributed by atoms with Gasteiger partial charge in [0.15, 0.2) is 0 Å². The Morgan fingerprint density at radius 1 is 0.938 bits per heavy atom. The minimum absolute atomic E-state index is 0.267. The first-order chi connectivity index (χ1) is 15.5. The maximum Gasteiger partial charge on any atom is 0.328 e. The Morgan fingerprint density at radius 3 is 2.31 bits per heavy atom. The fraction of sp³-hybridized carbons (Fsp3) is 0.0714. The third-order valence-corrected chi connectivity index (χ3v) is 5.36. The van der Waals surface area contributed by atoms with E-state index in [1.165, 1.54) is 12.1 Å². The van der Waals surface area contributed by atoms with Gasteiger partial charge in [0.2, 0.25) is 0 Å². The second kappa shape index (κ2) is 9.40. The number of carboxylic acid groups (broad SMARTS) is 1. The van der Waals surface area contributed by atoms with Crippen LogP contribution in [-0.2, 0) is 4.79 Å². The summed E-state index contributed by atoms with van der Waals surface area (Å²) in [7, 11) is 0. The minimum atomic E-state index is -0.982. The van der Waals surface area contributed by atoms with Crippen molar-refractivity contribution in [2.24, 2.45) is 0 Å². The molecule has 0 aliphatic heterocycles. The zero-order valence-electron chi connectivity index (χ0n) is 17.6. The quantitative estimate of drug-likeness (QED) is 0.273. The molecular weight excluding hydrogens is 401 g/mol. The molecule has 4 aromatic rings. The van der Waals surface area contributed by atoms with E-state index >= 15 is 0 Å². The van der Waals surface area contributed by atoms with E-state index < -0.39 is 5.97 Å². The highest BCUT2D eigenvalue weighted by molar-refractivity contribution is 6.00. The van der Waals surface area contributed by atoms with Crippen LogP contribution in [0.1, 0.15) is 35.6 Å². The number of fused-ring (bicyclic) bond motifs is 1. The van der Waals surface area contributed by atoms with Crippen LogP contribution in [0.25, 0.3) is 28.1 Å². The number of pyridine rings is 1. The fourth-order valence-electron chi connectivity index (χ4n) is 3.85. The molecule has 4 heteroatoms. The SMILES string of the molecule is CCC(=C(c1ccc(C=CC(=O)O)cc1)c1ccc2ncccc2c1)c1ccc(F)cc1. The monoisotopic (exact) mass is 423 g/mol. The smallest absolute Gasteiger partial charge is 0.328 e. The van der Waals surface area contributed by atoms with Crippen LogP contribution in [0.4, 0.5) is 4.39 Å². The maximum absolute atomic E-state index is 13.6. The average molecular weight is 423 g/mol. The summed E-state index contributed by atoms with van der Waals surface area (Å²) >= 11 is 0. The lowest BCUT2D eigenvalue weighted by atomic mass is 9.87. The fourth-order valence-corrected chi connectivity index (χ4v) is 3.85. The van der Waals surface area contributed by atoms with Crippen molar-refractivity contribution < 1.29 is 14.3 Å². The molecule has 1 N–H and O–H groups in total. The number of carboxylic acids is 1. The number of rotatable bonds is 6. The molecule has 0 saturated carbocycles. The number of halogens is 1. The lowest BCUT2D eigenvalue weighted by Gasteiger charge is -2.17. The Morgan fingerprint density at radius 2 is 1.62 bits per heavy atom. The van der Waals surface area contributed by atoms with Crippen LogP contribution in [0, 0.1) is 5.82 Å². The molecule has 0 fully saturated rings. The van der Waals surface area contributed by atoms with Crippen molar-refractivity contribution in [3.05, 3.63) is 119 Å². The Bertz CT molecular complexity index is 1320. The summed E-state index contributed by atoms with van der Waals surface area (Å²) in [5.41, 5.74) is 6.88.